The zero-order chi connectivity index (χ0) is 26.7. The van der Waals surface area contributed by atoms with Crippen LogP contribution in [0.15, 0.2) is 73.1 Å². The van der Waals surface area contributed by atoms with Gasteiger partial charge in [-0.25, -0.2) is 4.98 Å². The molecule has 2 heterocycles. The number of nitrogens with zero attached hydrogens (tertiary/aromatic N) is 2. The smallest absolute Gasteiger partial charge is 0.183 e. The molecule has 2 aromatic heterocycles. The molecule has 0 saturated carbocycles. The highest BCUT2D eigenvalue weighted by molar-refractivity contribution is 7.16. The van der Waals surface area contributed by atoms with Crippen molar-refractivity contribution in [3.05, 3.63) is 89.1 Å². The molecule has 0 bridgehead atoms. The molecular weight excluding hydrogens is 494 g/mol. The Bertz CT molecular complexity index is 1310. The molecule has 4 rings (SSSR count). The number of hydrogen-bond acceptors (Lipinski definition) is 7. The van der Waals surface area contributed by atoms with Gasteiger partial charge in [-0.05, 0) is 73.2 Å². The molecule has 4 N–H and O–H groups in total. The molecule has 0 atom stereocenters. The predicted molar refractivity (Wildman–Crippen MR) is 156 cm³/mol. The summed E-state index contributed by atoms with van der Waals surface area (Å²) in [4.78, 5) is 10.3. The highest BCUT2D eigenvalue weighted by Crippen LogP contribution is 2.37. The molecule has 8 heteroatoms. The molecule has 0 spiro atoms. The van der Waals surface area contributed by atoms with Crippen LogP contribution in [0.3, 0.4) is 0 Å². The summed E-state index contributed by atoms with van der Waals surface area (Å²) in [5, 5.41) is 12.0. The van der Waals surface area contributed by atoms with E-state index in [9.17, 15) is 0 Å². The van der Waals surface area contributed by atoms with Crippen LogP contribution in [0.1, 0.15) is 55.0 Å². The molecule has 0 unspecified atom stereocenters. The second-order valence-corrected chi connectivity index (χ2v) is 10.3. The Kier molecular flexibility index (Phi) is 9.70. The van der Waals surface area contributed by atoms with E-state index in [1.54, 1.807) is 23.6 Å². The Morgan fingerprint density at radius 2 is 1.74 bits per heavy atom. The van der Waals surface area contributed by atoms with E-state index < -0.39 is 0 Å². The number of unbranched alkanes of at least 4 members (excludes halogenated alkanes) is 2. The van der Waals surface area contributed by atoms with Gasteiger partial charge in [0, 0.05) is 29.4 Å². The van der Waals surface area contributed by atoms with Gasteiger partial charge in [-0.15, -0.1) is 11.3 Å². The molecule has 0 radical (unpaired) electrons. The molecule has 0 aliphatic carbocycles. The molecule has 4 aromatic rings. The van der Waals surface area contributed by atoms with E-state index in [1.807, 2.05) is 42.6 Å². The quantitative estimate of drug-likeness (QED) is 0.0937. The lowest BCUT2D eigenvalue weighted by Crippen LogP contribution is -2.13. The first kappa shape index (κ1) is 27.1. The minimum atomic E-state index is 0.0214. The van der Waals surface area contributed by atoms with Crippen LogP contribution in [0.5, 0.6) is 11.5 Å². The van der Waals surface area contributed by atoms with Crippen LogP contribution in [0, 0.1) is 5.41 Å². The van der Waals surface area contributed by atoms with Gasteiger partial charge in [0.1, 0.15) is 17.3 Å². The van der Waals surface area contributed by atoms with E-state index >= 15 is 0 Å². The highest BCUT2D eigenvalue weighted by Gasteiger charge is 2.16. The van der Waals surface area contributed by atoms with Crippen molar-refractivity contribution in [2.45, 2.75) is 45.6 Å². The van der Waals surface area contributed by atoms with Crippen LogP contribution in [0.4, 0.5) is 5.13 Å². The maximum atomic E-state index is 7.64. The zero-order valence-corrected chi connectivity index (χ0v) is 22.8. The van der Waals surface area contributed by atoms with E-state index in [2.05, 4.69) is 42.3 Å². The number of thiazole rings is 1. The summed E-state index contributed by atoms with van der Waals surface area (Å²) in [7, 11) is 0. The summed E-state index contributed by atoms with van der Waals surface area (Å²) < 4.78 is 11.8. The van der Waals surface area contributed by atoms with E-state index in [-0.39, 0.29) is 5.84 Å². The molecule has 0 saturated heterocycles. The number of hydrogen-bond donors (Lipinski definition) is 3. The minimum Gasteiger partial charge on any atom is -0.494 e. The Balaban J connectivity index is 1.23. The van der Waals surface area contributed by atoms with Crippen LogP contribution in [-0.2, 0) is 6.54 Å². The number of amidine groups is 1. The Hall–Kier alpha value is -3.91. The van der Waals surface area contributed by atoms with E-state index in [1.165, 1.54) is 4.88 Å². The van der Waals surface area contributed by atoms with Crippen LogP contribution in [-0.4, -0.2) is 29.0 Å². The normalized spacial score (nSPS) is 10.9. The number of nitrogen functional groups attached to an aromatic ring is 1. The molecule has 0 fully saturated rings. The SMILES string of the molecule is CC(C)c1sc(NCc2cccnc2)nc1-c1ccc(OCCCCCOc2ccccc2C(=N)N)cc1. The molecule has 198 valence electrons. The number of nitrogens with one attached hydrogen (secondary N) is 2. The van der Waals surface area contributed by atoms with Gasteiger partial charge < -0.3 is 20.5 Å². The first-order chi connectivity index (χ1) is 18.5. The fourth-order valence-electron chi connectivity index (χ4n) is 3.96. The largest absolute Gasteiger partial charge is 0.494 e. The molecule has 0 aliphatic heterocycles. The lowest BCUT2D eigenvalue weighted by atomic mass is 10.1. The third-order valence-corrected chi connectivity index (χ3v) is 7.28. The van der Waals surface area contributed by atoms with Gasteiger partial charge in [0.05, 0.1) is 24.5 Å². The zero-order valence-electron chi connectivity index (χ0n) is 21.9. The molecule has 38 heavy (non-hydrogen) atoms. The first-order valence-corrected chi connectivity index (χ1v) is 13.8. The van der Waals surface area contributed by atoms with Crippen molar-refractivity contribution < 1.29 is 9.47 Å². The van der Waals surface area contributed by atoms with Crippen molar-refractivity contribution in [1.29, 1.82) is 5.41 Å². The summed E-state index contributed by atoms with van der Waals surface area (Å²) in [6.45, 7) is 6.34. The number of aromatic nitrogens is 2. The Labute approximate surface area is 228 Å². The fraction of sp³-hybridized carbons (Fsp3) is 0.300. The molecular formula is C30H35N5O2S. The van der Waals surface area contributed by atoms with Crippen molar-refractivity contribution in [2.24, 2.45) is 5.73 Å². The topological polar surface area (TPSA) is 106 Å². The van der Waals surface area contributed by atoms with Crippen molar-refractivity contribution in [1.82, 2.24) is 9.97 Å². The number of nitrogens with two attached hydrogens (primary N) is 1. The van der Waals surface area contributed by atoms with Crippen molar-refractivity contribution >= 4 is 22.3 Å². The number of pyridine rings is 1. The van der Waals surface area contributed by atoms with Crippen molar-refractivity contribution in [3.8, 4) is 22.8 Å². The van der Waals surface area contributed by atoms with Crippen molar-refractivity contribution in [3.63, 3.8) is 0 Å². The predicted octanol–water partition coefficient (Wildman–Crippen LogP) is 6.85. The van der Waals surface area contributed by atoms with Gasteiger partial charge in [0.25, 0.3) is 0 Å². The second-order valence-electron chi connectivity index (χ2n) is 9.29. The average Bonchev–Trinajstić information content (AvgIpc) is 3.37. The maximum Gasteiger partial charge on any atom is 0.183 e. The summed E-state index contributed by atoms with van der Waals surface area (Å²) in [5.41, 5.74) is 9.49. The van der Waals surface area contributed by atoms with Gasteiger partial charge >= 0.3 is 0 Å². The molecule has 2 aromatic carbocycles. The van der Waals surface area contributed by atoms with Gasteiger partial charge in [-0.3, -0.25) is 10.4 Å². The number of anilines is 1. The monoisotopic (exact) mass is 529 g/mol. The van der Waals surface area contributed by atoms with Gasteiger partial charge in [0.2, 0.25) is 0 Å². The minimum absolute atomic E-state index is 0.0214. The number of rotatable bonds is 14. The number of ether oxygens (including phenoxy) is 2. The maximum absolute atomic E-state index is 7.64. The summed E-state index contributed by atoms with van der Waals surface area (Å²) in [6.07, 6.45) is 6.49. The van der Waals surface area contributed by atoms with Gasteiger partial charge in [0.15, 0.2) is 5.13 Å². The summed E-state index contributed by atoms with van der Waals surface area (Å²) in [6, 6.07) is 19.6. The van der Waals surface area contributed by atoms with Crippen LogP contribution < -0.4 is 20.5 Å². The third kappa shape index (κ3) is 7.55. The Morgan fingerprint density at radius 3 is 2.45 bits per heavy atom. The molecule has 0 amide bonds. The standard InChI is InChI=1S/C30H35N5O2S/c1-21(2)28-27(35-30(38-28)34-20-22-9-8-16-33-19-22)23-12-14-24(15-13-23)36-17-6-3-7-18-37-26-11-5-4-10-25(26)29(31)32/h4-5,8-16,19,21H,3,6-7,17-18,20H2,1-2H3,(H3,31,32)(H,34,35). The van der Waals surface area contributed by atoms with Crippen LogP contribution in [0.25, 0.3) is 11.3 Å². The summed E-state index contributed by atoms with van der Waals surface area (Å²) in [5.74, 6) is 1.92. The van der Waals surface area contributed by atoms with E-state index in [0.717, 1.165) is 47.0 Å². The molecule has 0 aliphatic rings. The number of benzene rings is 2. The van der Waals surface area contributed by atoms with Gasteiger partial charge in [-0.2, -0.15) is 0 Å². The van der Waals surface area contributed by atoms with Crippen LogP contribution in [0.2, 0.25) is 0 Å². The lowest BCUT2D eigenvalue weighted by Gasteiger charge is -2.11. The molecule has 7 nitrogen and oxygen atoms in total. The fourth-order valence-corrected chi connectivity index (χ4v) is 4.95. The van der Waals surface area contributed by atoms with Crippen LogP contribution >= 0.6 is 11.3 Å². The summed E-state index contributed by atoms with van der Waals surface area (Å²) >= 11 is 1.71. The Morgan fingerprint density at radius 1 is 0.974 bits per heavy atom. The average molecular weight is 530 g/mol. The number of para-hydroxylation sites is 1. The first-order valence-electron chi connectivity index (χ1n) is 12.9. The van der Waals surface area contributed by atoms with E-state index in [4.69, 9.17) is 25.6 Å². The second kappa shape index (κ2) is 13.6. The highest BCUT2D eigenvalue weighted by atomic mass is 32.1. The van der Waals surface area contributed by atoms with Gasteiger partial charge in [-0.1, -0.05) is 32.0 Å². The van der Waals surface area contributed by atoms with E-state index in [0.29, 0.717) is 37.0 Å². The third-order valence-electron chi connectivity index (χ3n) is 5.96. The lowest BCUT2D eigenvalue weighted by molar-refractivity contribution is 0.279. The van der Waals surface area contributed by atoms with Crippen molar-refractivity contribution in [2.75, 3.05) is 18.5 Å².